The van der Waals surface area contributed by atoms with Crippen LogP contribution in [0, 0.1) is 0 Å². The van der Waals surface area contributed by atoms with Gasteiger partial charge in [-0.3, -0.25) is 9.78 Å². The van der Waals surface area contributed by atoms with Crippen LogP contribution in [0.2, 0.25) is 5.02 Å². The van der Waals surface area contributed by atoms with Gasteiger partial charge in [-0.05, 0) is 31.2 Å². The summed E-state index contributed by atoms with van der Waals surface area (Å²) in [4.78, 5) is 16.0. The summed E-state index contributed by atoms with van der Waals surface area (Å²) >= 11 is 5.97. The van der Waals surface area contributed by atoms with Gasteiger partial charge in [0, 0.05) is 17.8 Å². The lowest BCUT2D eigenvalue weighted by atomic mass is 10.2. The van der Waals surface area contributed by atoms with Crippen LogP contribution in [-0.2, 0) is 4.74 Å². The van der Waals surface area contributed by atoms with E-state index in [1.807, 2.05) is 6.92 Å². The first-order valence-corrected chi connectivity index (χ1v) is 7.43. The maximum absolute atomic E-state index is 12.2. The summed E-state index contributed by atoms with van der Waals surface area (Å²) in [5, 5.41) is 12.6. The lowest BCUT2D eigenvalue weighted by Gasteiger charge is -2.13. The van der Waals surface area contributed by atoms with Crippen molar-refractivity contribution in [2.75, 3.05) is 25.1 Å². The van der Waals surface area contributed by atoms with Crippen LogP contribution in [0.5, 0.6) is 11.5 Å². The van der Waals surface area contributed by atoms with Gasteiger partial charge in [-0.15, -0.1) is 0 Å². The van der Waals surface area contributed by atoms with Gasteiger partial charge in [0.05, 0.1) is 24.1 Å². The molecule has 2 rings (SSSR count). The van der Waals surface area contributed by atoms with Crippen molar-refractivity contribution in [2.24, 2.45) is 0 Å². The number of aromatic nitrogens is 1. The van der Waals surface area contributed by atoms with Gasteiger partial charge in [0.25, 0.3) is 5.91 Å². The summed E-state index contributed by atoms with van der Waals surface area (Å²) in [7, 11) is 0. The van der Waals surface area contributed by atoms with Gasteiger partial charge in [-0.2, -0.15) is 0 Å². The molecule has 0 atom stereocenters. The largest absolute Gasteiger partial charge is 0.506 e. The third-order valence-corrected chi connectivity index (χ3v) is 3.10. The summed E-state index contributed by atoms with van der Waals surface area (Å²) in [6, 6.07) is 6.25. The molecule has 0 spiro atoms. The molecule has 1 aromatic carbocycles. The number of benzene rings is 1. The average Bonchev–Trinajstić information content (AvgIpc) is 2.53. The summed E-state index contributed by atoms with van der Waals surface area (Å²) in [6.45, 7) is 3.31. The van der Waals surface area contributed by atoms with Crippen molar-refractivity contribution in [3.63, 3.8) is 0 Å². The molecular weight excluding hydrogens is 320 g/mol. The lowest BCUT2D eigenvalue weighted by Crippen LogP contribution is -2.14. The molecule has 1 amide bonds. The summed E-state index contributed by atoms with van der Waals surface area (Å²) in [6.07, 6.45) is 2.60. The normalized spacial score (nSPS) is 10.3. The number of halogens is 1. The molecular formula is C16H17ClN2O4. The van der Waals surface area contributed by atoms with Crippen LogP contribution in [0.25, 0.3) is 0 Å². The van der Waals surface area contributed by atoms with Gasteiger partial charge in [-0.25, -0.2) is 0 Å². The molecule has 0 aliphatic heterocycles. The fourth-order valence-corrected chi connectivity index (χ4v) is 2.00. The number of anilines is 1. The topological polar surface area (TPSA) is 80.7 Å². The van der Waals surface area contributed by atoms with E-state index in [2.05, 4.69) is 10.3 Å². The molecule has 0 bridgehead atoms. The van der Waals surface area contributed by atoms with Gasteiger partial charge in [-0.1, -0.05) is 11.6 Å². The minimum absolute atomic E-state index is 0.0862. The van der Waals surface area contributed by atoms with Crippen LogP contribution >= 0.6 is 11.6 Å². The molecule has 7 heteroatoms. The third-order valence-electron chi connectivity index (χ3n) is 2.87. The molecule has 0 unspecified atom stereocenters. The number of nitrogens with one attached hydrogen (secondary N) is 1. The number of carbonyl (C=O) groups excluding carboxylic acids is 1. The minimum atomic E-state index is -0.426. The van der Waals surface area contributed by atoms with Crippen LogP contribution in [0.3, 0.4) is 0 Å². The van der Waals surface area contributed by atoms with E-state index in [1.54, 1.807) is 18.2 Å². The molecule has 0 aliphatic carbocycles. The Morgan fingerprint density at radius 2 is 2.13 bits per heavy atom. The molecule has 0 radical (unpaired) electrons. The zero-order chi connectivity index (χ0) is 16.7. The average molecular weight is 337 g/mol. The van der Waals surface area contributed by atoms with Gasteiger partial charge in [0.15, 0.2) is 0 Å². The molecule has 0 saturated heterocycles. The van der Waals surface area contributed by atoms with Crippen molar-refractivity contribution in [1.82, 2.24) is 4.98 Å². The molecule has 6 nitrogen and oxygen atoms in total. The highest BCUT2D eigenvalue weighted by Crippen LogP contribution is 2.28. The molecule has 2 aromatic rings. The minimum Gasteiger partial charge on any atom is -0.506 e. The van der Waals surface area contributed by atoms with Gasteiger partial charge in [0.2, 0.25) is 0 Å². The number of hydrogen-bond donors (Lipinski definition) is 2. The number of nitrogens with zero attached hydrogens (tertiary/aromatic N) is 1. The van der Waals surface area contributed by atoms with E-state index < -0.39 is 5.91 Å². The van der Waals surface area contributed by atoms with Crippen molar-refractivity contribution < 1.29 is 19.4 Å². The second kappa shape index (κ2) is 8.36. The highest BCUT2D eigenvalue weighted by molar-refractivity contribution is 6.31. The second-order valence-electron chi connectivity index (χ2n) is 4.57. The van der Waals surface area contributed by atoms with Crippen molar-refractivity contribution >= 4 is 23.2 Å². The molecule has 0 saturated carbocycles. The van der Waals surface area contributed by atoms with Crippen LogP contribution < -0.4 is 10.1 Å². The highest BCUT2D eigenvalue weighted by Gasteiger charge is 2.12. The first-order chi connectivity index (χ1) is 11.1. The Bertz CT molecular complexity index is 679. The lowest BCUT2D eigenvalue weighted by molar-refractivity contribution is 0.102. The van der Waals surface area contributed by atoms with Crippen molar-refractivity contribution in [3.05, 3.63) is 47.2 Å². The summed E-state index contributed by atoms with van der Waals surface area (Å²) in [5.74, 6) is -0.0298. The van der Waals surface area contributed by atoms with E-state index in [9.17, 15) is 9.90 Å². The standard InChI is InChI=1S/C16H17ClN2O4/c1-2-22-5-6-23-15-4-3-12(17)8-14(15)19-16(21)11-7-13(20)10-18-9-11/h3-4,7-10,20H,2,5-6H2,1H3,(H,19,21). The highest BCUT2D eigenvalue weighted by atomic mass is 35.5. The Labute approximate surface area is 139 Å². The number of amides is 1. The van der Waals surface area contributed by atoms with Crippen molar-refractivity contribution in [3.8, 4) is 11.5 Å². The quantitative estimate of drug-likeness (QED) is 0.759. The van der Waals surface area contributed by atoms with E-state index in [-0.39, 0.29) is 11.3 Å². The molecule has 2 N–H and O–H groups in total. The van der Waals surface area contributed by atoms with Crippen LogP contribution in [0.15, 0.2) is 36.7 Å². The fourth-order valence-electron chi connectivity index (χ4n) is 1.83. The molecule has 122 valence electrons. The predicted octanol–water partition coefficient (Wildman–Crippen LogP) is 3.11. The molecule has 1 heterocycles. The fraction of sp³-hybridized carbons (Fsp3) is 0.250. The van der Waals surface area contributed by atoms with Crippen LogP contribution in [0.1, 0.15) is 17.3 Å². The summed E-state index contributed by atoms with van der Waals surface area (Å²) < 4.78 is 10.8. The van der Waals surface area contributed by atoms with Gasteiger partial charge < -0.3 is 19.9 Å². The molecule has 1 aromatic heterocycles. The van der Waals surface area contributed by atoms with E-state index in [0.717, 1.165) is 0 Å². The SMILES string of the molecule is CCOCCOc1ccc(Cl)cc1NC(=O)c1cncc(O)c1. The Morgan fingerprint density at radius 1 is 1.30 bits per heavy atom. The first-order valence-electron chi connectivity index (χ1n) is 7.05. The van der Waals surface area contributed by atoms with E-state index >= 15 is 0 Å². The Morgan fingerprint density at radius 3 is 2.87 bits per heavy atom. The zero-order valence-corrected chi connectivity index (χ0v) is 13.3. The van der Waals surface area contributed by atoms with E-state index in [4.69, 9.17) is 21.1 Å². The number of hydrogen-bond acceptors (Lipinski definition) is 5. The summed E-state index contributed by atoms with van der Waals surface area (Å²) in [5.41, 5.74) is 0.660. The molecule has 23 heavy (non-hydrogen) atoms. The maximum atomic E-state index is 12.2. The van der Waals surface area contributed by atoms with Crippen molar-refractivity contribution in [2.45, 2.75) is 6.92 Å². The monoisotopic (exact) mass is 336 g/mol. The van der Waals surface area contributed by atoms with Crippen LogP contribution in [-0.4, -0.2) is 35.8 Å². The number of ether oxygens (including phenoxy) is 2. The van der Waals surface area contributed by atoms with Crippen LogP contribution in [0.4, 0.5) is 5.69 Å². The predicted molar refractivity (Wildman–Crippen MR) is 87.3 cm³/mol. The number of rotatable bonds is 7. The number of pyridine rings is 1. The number of carbonyl (C=O) groups is 1. The van der Waals surface area contributed by atoms with Gasteiger partial charge in [0.1, 0.15) is 18.1 Å². The Hall–Kier alpha value is -2.31. The maximum Gasteiger partial charge on any atom is 0.257 e. The Kier molecular flexibility index (Phi) is 6.19. The van der Waals surface area contributed by atoms with E-state index in [0.29, 0.717) is 36.3 Å². The smallest absolute Gasteiger partial charge is 0.257 e. The van der Waals surface area contributed by atoms with Gasteiger partial charge >= 0.3 is 0 Å². The first kappa shape index (κ1) is 17.1. The second-order valence-corrected chi connectivity index (χ2v) is 5.01. The van der Waals surface area contributed by atoms with E-state index in [1.165, 1.54) is 18.5 Å². The molecule has 0 fully saturated rings. The Balaban J connectivity index is 2.11. The zero-order valence-electron chi connectivity index (χ0n) is 12.6. The number of aromatic hydroxyl groups is 1. The molecule has 0 aliphatic rings. The van der Waals surface area contributed by atoms with Crippen molar-refractivity contribution in [1.29, 1.82) is 0 Å². The third kappa shape index (κ3) is 5.12.